The van der Waals surface area contributed by atoms with Crippen LogP contribution in [-0.2, 0) is 5.75 Å². The van der Waals surface area contributed by atoms with Gasteiger partial charge >= 0.3 is 0 Å². The quantitative estimate of drug-likeness (QED) is 0.575. The molecule has 1 saturated carbocycles. The van der Waals surface area contributed by atoms with Crippen molar-refractivity contribution >= 4 is 17.7 Å². The van der Waals surface area contributed by atoms with Gasteiger partial charge < -0.3 is 9.84 Å². The third-order valence-electron chi connectivity index (χ3n) is 7.07. The minimum atomic E-state index is 0.0452. The van der Waals surface area contributed by atoms with Gasteiger partial charge in [-0.15, -0.1) is 11.8 Å². The lowest BCUT2D eigenvalue weighted by atomic mass is 9.79. The maximum Gasteiger partial charge on any atom is 0.252 e. The molecule has 0 spiro atoms. The van der Waals surface area contributed by atoms with E-state index in [1.54, 1.807) is 11.8 Å². The molecule has 31 heavy (non-hydrogen) atoms. The Bertz CT molecular complexity index is 863. The summed E-state index contributed by atoms with van der Waals surface area (Å²) >= 11 is 1.68. The van der Waals surface area contributed by atoms with Crippen molar-refractivity contribution in [3.63, 3.8) is 0 Å². The maximum absolute atomic E-state index is 13.3. The van der Waals surface area contributed by atoms with Gasteiger partial charge in [-0.25, -0.2) is 0 Å². The Kier molecular flexibility index (Phi) is 7.39. The van der Waals surface area contributed by atoms with Crippen molar-refractivity contribution in [1.29, 1.82) is 0 Å². The molecule has 4 rings (SSSR count). The van der Waals surface area contributed by atoms with E-state index in [0.29, 0.717) is 0 Å². The molecule has 168 valence electrons. The first-order valence-electron chi connectivity index (χ1n) is 11.8. The number of aryl methyl sites for hydroxylation is 2. The number of thioether (sulfide) groups is 1. The van der Waals surface area contributed by atoms with Crippen molar-refractivity contribution < 1.29 is 9.32 Å². The molecule has 0 atom stereocenters. The molecule has 6 heteroatoms. The summed E-state index contributed by atoms with van der Waals surface area (Å²) in [6, 6.07) is 7.94. The van der Waals surface area contributed by atoms with Gasteiger partial charge in [-0.2, -0.15) is 0 Å². The summed E-state index contributed by atoms with van der Waals surface area (Å²) in [7, 11) is 0. The molecule has 2 aliphatic rings. The van der Waals surface area contributed by atoms with Gasteiger partial charge in [-0.1, -0.05) is 43.0 Å². The van der Waals surface area contributed by atoms with E-state index in [1.165, 1.54) is 64.5 Å². The van der Waals surface area contributed by atoms with E-state index in [2.05, 4.69) is 15.4 Å². The Morgan fingerprint density at radius 3 is 2.52 bits per heavy atom. The summed E-state index contributed by atoms with van der Waals surface area (Å²) in [6.07, 6.45) is 10.2. The molecule has 2 fully saturated rings. The third kappa shape index (κ3) is 5.17. The molecule has 1 N–H and O–H groups in total. The van der Waals surface area contributed by atoms with Crippen LogP contribution in [0.3, 0.4) is 0 Å². The minimum absolute atomic E-state index is 0.0452. The molecule has 1 amide bonds. The Morgan fingerprint density at radius 2 is 1.81 bits per heavy atom. The number of piperidine rings is 1. The predicted octanol–water partition coefficient (Wildman–Crippen LogP) is 5.50. The SMILES string of the molecule is Cc1noc(C)c1CSc1ccccc1C(=O)NCC1(N2CCCCC2)CCCCC1. The van der Waals surface area contributed by atoms with Gasteiger partial charge in [0.1, 0.15) is 5.76 Å². The van der Waals surface area contributed by atoms with E-state index in [-0.39, 0.29) is 11.4 Å². The first kappa shape index (κ1) is 22.4. The second kappa shape index (κ2) is 10.2. The molecule has 0 radical (unpaired) electrons. The average Bonchev–Trinajstić information content (AvgIpc) is 3.14. The summed E-state index contributed by atoms with van der Waals surface area (Å²) in [5.41, 5.74) is 2.95. The molecule has 1 aromatic heterocycles. The zero-order valence-electron chi connectivity index (χ0n) is 18.9. The van der Waals surface area contributed by atoms with Gasteiger partial charge in [0.05, 0.1) is 11.3 Å². The predicted molar refractivity (Wildman–Crippen MR) is 126 cm³/mol. The van der Waals surface area contributed by atoms with Crippen LogP contribution in [0.25, 0.3) is 0 Å². The van der Waals surface area contributed by atoms with Crippen molar-refractivity contribution in [2.75, 3.05) is 19.6 Å². The van der Waals surface area contributed by atoms with Gasteiger partial charge in [0, 0.05) is 28.3 Å². The molecular formula is C25H35N3O2S. The zero-order chi connectivity index (χ0) is 21.7. The lowest BCUT2D eigenvalue weighted by Gasteiger charge is -2.48. The van der Waals surface area contributed by atoms with Gasteiger partial charge in [0.15, 0.2) is 0 Å². The van der Waals surface area contributed by atoms with Gasteiger partial charge in [0.25, 0.3) is 5.91 Å². The number of hydrogen-bond acceptors (Lipinski definition) is 5. The van der Waals surface area contributed by atoms with Crippen molar-refractivity contribution in [3.8, 4) is 0 Å². The number of amides is 1. The molecule has 2 aromatic rings. The fourth-order valence-corrected chi connectivity index (χ4v) is 6.36. The van der Waals surface area contributed by atoms with Crippen LogP contribution in [0.15, 0.2) is 33.7 Å². The lowest BCUT2D eigenvalue weighted by molar-refractivity contribution is 0.0326. The molecule has 2 heterocycles. The second-order valence-corrected chi connectivity index (χ2v) is 10.1. The van der Waals surface area contributed by atoms with Crippen LogP contribution in [0.2, 0.25) is 0 Å². The standard InChI is InChI=1S/C25H35N3O2S/c1-19-22(20(2)30-27-19)17-31-23-12-6-5-11-21(23)24(29)26-18-25(13-7-3-8-14-25)28-15-9-4-10-16-28/h5-6,11-12H,3-4,7-10,13-18H2,1-2H3,(H,26,29). The summed E-state index contributed by atoms with van der Waals surface area (Å²) in [6.45, 7) is 7.03. The fourth-order valence-electron chi connectivity index (χ4n) is 5.16. The van der Waals surface area contributed by atoms with E-state index in [4.69, 9.17) is 4.52 Å². The largest absolute Gasteiger partial charge is 0.361 e. The smallest absolute Gasteiger partial charge is 0.252 e. The van der Waals surface area contributed by atoms with Crippen LogP contribution >= 0.6 is 11.8 Å². The maximum atomic E-state index is 13.3. The van der Waals surface area contributed by atoms with Gasteiger partial charge in [-0.3, -0.25) is 9.69 Å². The van der Waals surface area contributed by atoms with E-state index < -0.39 is 0 Å². The van der Waals surface area contributed by atoms with E-state index in [9.17, 15) is 4.79 Å². The number of rotatable bonds is 7. The highest BCUT2D eigenvalue weighted by molar-refractivity contribution is 7.98. The first-order valence-corrected chi connectivity index (χ1v) is 12.7. The molecule has 1 saturated heterocycles. The molecule has 5 nitrogen and oxygen atoms in total. The number of benzene rings is 1. The lowest BCUT2D eigenvalue weighted by Crippen LogP contribution is -2.58. The summed E-state index contributed by atoms with van der Waals surface area (Å²) in [5.74, 6) is 1.65. The molecule has 1 aliphatic heterocycles. The monoisotopic (exact) mass is 441 g/mol. The van der Waals surface area contributed by atoms with Gasteiger partial charge in [-0.05, 0) is 64.8 Å². The summed E-state index contributed by atoms with van der Waals surface area (Å²) in [4.78, 5) is 17.0. The average molecular weight is 442 g/mol. The Hall–Kier alpha value is -1.79. The number of aromatic nitrogens is 1. The third-order valence-corrected chi connectivity index (χ3v) is 8.17. The van der Waals surface area contributed by atoms with Crippen LogP contribution in [0, 0.1) is 13.8 Å². The Labute approximate surface area is 190 Å². The van der Waals surface area contributed by atoms with Crippen LogP contribution in [-0.4, -0.2) is 41.1 Å². The number of carbonyl (C=O) groups is 1. The highest BCUT2D eigenvalue weighted by atomic mass is 32.2. The molecular weight excluding hydrogens is 406 g/mol. The summed E-state index contributed by atoms with van der Waals surface area (Å²) < 4.78 is 5.29. The number of nitrogens with one attached hydrogen (secondary N) is 1. The second-order valence-electron chi connectivity index (χ2n) is 9.10. The fraction of sp³-hybridized carbons (Fsp3) is 0.600. The van der Waals surface area contributed by atoms with Crippen molar-refractivity contribution in [1.82, 2.24) is 15.4 Å². The number of likely N-dealkylation sites (tertiary alicyclic amines) is 1. The number of nitrogens with zero attached hydrogens (tertiary/aromatic N) is 2. The number of carbonyl (C=O) groups excluding carboxylic acids is 1. The normalized spacial score (nSPS) is 19.3. The molecule has 1 aliphatic carbocycles. The minimum Gasteiger partial charge on any atom is -0.361 e. The van der Waals surface area contributed by atoms with Crippen molar-refractivity contribution in [2.45, 2.75) is 81.4 Å². The van der Waals surface area contributed by atoms with Crippen molar-refractivity contribution in [3.05, 3.63) is 46.8 Å². The van der Waals surface area contributed by atoms with Crippen LogP contribution < -0.4 is 5.32 Å². The topological polar surface area (TPSA) is 58.4 Å². The zero-order valence-corrected chi connectivity index (χ0v) is 19.7. The highest BCUT2D eigenvalue weighted by Crippen LogP contribution is 2.35. The first-order chi connectivity index (χ1) is 15.1. The molecule has 1 aromatic carbocycles. The van der Waals surface area contributed by atoms with Crippen LogP contribution in [0.1, 0.15) is 78.7 Å². The molecule has 0 bridgehead atoms. The van der Waals surface area contributed by atoms with Crippen LogP contribution in [0.4, 0.5) is 0 Å². The van der Waals surface area contributed by atoms with Gasteiger partial charge in [0.2, 0.25) is 0 Å². The molecule has 0 unspecified atom stereocenters. The van der Waals surface area contributed by atoms with Crippen LogP contribution in [0.5, 0.6) is 0 Å². The number of hydrogen-bond donors (Lipinski definition) is 1. The van der Waals surface area contributed by atoms with Crippen molar-refractivity contribution in [2.24, 2.45) is 0 Å². The Balaban J connectivity index is 1.44. The Morgan fingerprint density at radius 1 is 1.10 bits per heavy atom. The summed E-state index contributed by atoms with van der Waals surface area (Å²) in [5, 5.41) is 7.39. The van der Waals surface area contributed by atoms with E-state index in [1.807, 2.05) is 38.1 Å². The van der Waals surface area contributed by atoms with E-state index in [0.717, 1.165) is 39.8 Å². The van der Waals surface area contributed by atoms with E-state index >= 15 is 0 Å². The highest BCUT2D eigenvalue weighted by Gasteiger charge is 2.38.